The van der Waals surface area contributed by atoms with E-state index in [1.807, 2.05) is 6.08 Å². The molecule has 0 aliphatic heterocycles. The highest BCUT2D eigenvalue weighted by molar-refractivity contribution is 6.01. The van der Waals surface area contributed by atoms with Crippen LogP contribution in [0.15, 0.2) is 121 Å². The highest BCUT2D eigenvalue weighted by Crippen LogP contribution is 2.52. The van der Waals surface area contributed by atoms with E-state index < -0.39 is 0 Å². The van der Waals surface area contributed by atoms with Crippen LogP contribution in [0.3, 0.4) is 0 Å². The molecule has 0 bridgehead atoms. The minimum atomic E-state index is -0.0745. The Balaban J connectivity index is 1.29. The molecule has 2 heteroatoms. The largest absolute Gasteiger partial charge is 0.405 e. The van der Waals surface area contributed by atoms with Crippen molar-refractivity contribution >= 4 is 23.4 Å². The molecule has 0 saturated heterocycles. The third-order valence-electron chi connectivity index (χ3n) is 11.1. The lowest BCUT2D eigenvalue weighted by atomic mass is 9.78. The zero-order valence-corrected chi connectivity index (χ0v) is 28.5. The van der Waals surface area contributed by atoms with Crippen LogP contribution in [0.1, 0.15) is 79.1 Å². The molecule has 4 N–H and O–H groups in total. The Morgan fingerprint density at radius 3 is 1.81 bits per heavy atom. The first kappa shape index (κ1) is 30.0. The number of hydrogen-bond donors (Lipinski definition) is 2. The lowest BCUT2D eigenvalue weighted by Gasteiger charge is -2.26. The summed E-state index contributed by atoms with van der Waals surface area (Å²) in [4.78, 5) is 0. The van der Waals surface area contributed by atoms with Gasteiger partial charge in [0, 0.05) is 27.6 Å². The van der Waals surface area contributed by atoms with Gasteiger partial charge in [-0.3, -0.25) is 0 Å². The van der Waals surface area contributed by atoms with Gasteiger partial charge in [0.05, 0.1) is 0 Å². The molecule has 0 aromatic heterocycles. The van der Waals surface area contributed by atoms with Crippen LogP contribution in [-0.2, 0) is 17.3 Å². The molecule has 0 heterocycles. The molecule has 0 fully saturated rings. The lowest BCUT2D eigenvalue weighted by molar-refractivity contribution is 0.660. The van der Waals surface area contributed by atoms with Crippen LogP contribution in [0.25, 0.3) is 51.1 Å². The van der Waals surface area contributed by atoms with E-state index >= 15 is 0 Å². The molecular formula is C46H42N2. The predicted molar refractivity (Wildman–Crippen MR) is 206 cm³/mol. The minimum absolute atomic E-state index is 0.0731. The van der Waals surface area contributed by atoms with Crippen LogP contribution in [0, 0.1) is 0 Å². The third-order valence-corrected chi connectivity index (χ3v) is 11.1. The second kappa shape index (κ2) is 10.9. The Kier molecular flexibility index (Phi) is 6.79. The van der Waals surface area contributed by atoms with Gasteiger partial charge < -0.3 is 11.5 Å². The first-order valence-corrected chi connectivity index (χ1v) is 17.0. The van der Waals surface area contributed by atoms with Crippen molar-refractivity contribution in [2.75, 3.05) is 5.73 Å². The average Bonchev–Trinajstić information content (AvgIpc) is 3.47. The first-order chi connectivity index (χ1) is 23.1. The van der Waals surface area contributed by atoms with Gasteiger partial charge in [0.1, 0.15) is 0 Å². The smallest absolute Gasteiger partial charge is 0.0470 e. The Morgan fingerprint density at radius 1 is 0.646 bits per heavy atom. The highest BCUT2D eigenvalue weighted by Gasteiger charge is 2.37. The fourth-order valence-corrected chi connectivity index (χ4v) is 8.56. The zero-order valence-electron chi connectivity index (χ0n) is 28.5. The number of nitrogen functional groups attached to an aromatic ring is 1. The van der Waals surface area contributed by atoms with Gasteiger partial charge in [-0.05, 0) is 128 Å². The van der Waals surface area contributed by atoms with E-state index in [0.29, 0.717) is 0 Å². The number of allylic oxidation sites excluding steroid dienone is 5. The van der Waals surface area contributed by atoms with E-state index in [-0.39, 0.29) is 10.8 Å². The van der Waals surface area contributed by atoms with Crippen molar-refractivity contribution in [1.82, 2.24) is 0 Å². The van der Waals surface area contributed by atoms with E-state index in [9.17, 15) is 0 Å². The third kappa shape index (κ3) is 4.32. The monoisotopic (exact) mass is 622 g/mol. The van der Waals surface area contributed by atoms with Crippen molar-refractivity contribution in [2.24, 2.45) is 5.73 Å². The summed E-state index contributed by atoms with van der Waals surface area (Å²) in [5.41, 5.74) is 33.9. The second-order valence-corrected chi connectivity index (χ2v) is 14.5. The number of nitrogens with two attached hydrogens (primary N) is 2. The molecule has 5 aromatic rings. The number of benzene rings is 5. The maximum atomic E-state index is 7.19. The van der Waals surface area contributed by atoms with Crippen molar-refractivity contribution in [3.8, 4) is 33.4 Å². The number of hydrogen-bond acceptors (Lipinski definition) is 2. The minimum Gasteiger partial charge on any atom is -0.405 e. The van der Waals surface area contributed by atoms with Gasteiger partial charge in [0.25, 0.3) is 0 Å². The molecule has 5 aromatic carbocycles. The fourth-order valence-electron chi connectivity index (χ4n) is 8.56. The van der Waals surface area contributed by atoms with Gasteiger partial charge >= 0.3 is 0 Å². The number of anilines is 1. The van der Waals surface area contributed by atoms with Crippen LogP contribution in [0.5, 0.6) is 0 Å². The van der Waals surface area contributed by atoms with Gasteiger partial charge in [-0.2, -0.15) is 0 Å². The van der Waals surface area contributed by atoms with Gasteiger partial charge in [-0.1, -0.05) is 119 Å². The maximum Gasteiger partial charge on any atom is 0.0470 e. The van der Waals surface area contributed by atoms with Gasteiger partial charge in [0.2, 0.25) is 0 Å². The summed E-state index contributed by atoms with van der Waals surface area (Å²) in [7, 11) is 0. The van der Waals surface area contributed by atoms with Crippen LogP contribution in [-0.4, -0.2) is 0 Å². The van der Waals surface area contributed by atoms with Crippen molar-refractivity contribution in [3.05, 3.63) is 166 Å². The molecule has 0 amide bonds. The maximum absolute atomic E-state index is 7.19. The summed E-state index contributed by atoms with van der Waals surface area (Å²) in [6, 6.07) is 33.9. The van der Waals surface area contributed by atoms with E-state index in [0.717, 1.165) is 23.2 Å². The highest BCUT2D eigenvalue weighted by atomic mass is 14.6. The van der Waals surface area contributed by atoms with Crippen molar-refractivity contribution in [2.45, 2.75) is 51.9 Å². The standard InChI is InChI=1S/C46H42N2/c1-6-12-36-38(30-19-21-35-33-15-8-10-17-41(33)46(4,5)43(35)26-30)24-31-23-28(13-11-22-47)37(27-39(31)44(36)48)29-18-20-34-32-14-7-9-16-40(32)45(2,3)42(34)25-29/h6-22,24-27H,23,47-48H2,1-5H3/b12-6-,22-11-,28-13+. The Labute approximate surface area is 284 Å². The molecular weight excluding hydrogens is 581 g/mol. The summed E-state index contributed by atoms with van der Waals surface area (Å²) in [5, 5.41) is 0. The topological polar surface area (TPSA) is 52.0 Å². The molecule has 3 aliphatic rings. The molecule has 2 nitrogen and oxygen atoms in total. The quantitative estimate of drug-likeness (QED) is 0.196. The molecule has 0 saturated carbocycles. The summed E-state index contributed by atoms with van der Waals surface area (Å²) in [5.74, 6) is 0. The van der Waals surface area contributed by atoms with Crippen LogP contribution in [0.4, 0.5) is 5.69 Å². The second-order valence-electron chi connectivity index (χ2n) is 14.5. The van der Waals surface area contributed by atoms with E-state index in [1.54, 1.807) is 6.20 Å². The molecule has 0 radical (unpaired) electrons. The molecule has 0 unspecified atom stereocenters. The number of fused-ring (bicyclic) bond motifs is 7. The fraction of sp³-hybridized carbons (Fsp3) is 0.174. The van der Waals surface area contributed by atoms with Gasteiger partial charge in [-0.25, -0.2) is 0 Å². The average molecular weight is 623 g/mol. The van der Waals surface area contributed by atoms with E-state index in [1.165, 1.54) is 77.9 Å². The molecule has 0 spiro atoms. The molecule has 48 heavy (non-hydrogen) atoms. The molecule has 0 atom stereocenters. The van der Waals surface area contributed by atoms with Gasteiger partial charge in [0.15, 0.2) is 0 Å². The van der Waals surface area contributed by atoms with E-state index in [2.05, 4.69) is 150 Å². The Bertz CT molecular complexity index is 2290. The normalized spacial score (nSPS) is 17.3. The lowest BCUT2D eigenvalue weighted by Crippen LogP contribution is -2.15. The summed E-state index contributed by atoms with van der Waals surface area (Å²) in [6.45, 7) is 11.4. The summed E-state index contributed by atoms with van der Waals surface area (Å²) < 4.78 is 0. The van der Waals surface area contributed by atoms with Crippen LogP contribution >= 0.6 is 0 Å². The van der Waals surface area contributed by atoms with Crippen LogP contribution < -0.4 is 11.5 Å². The number of rotatable bonds is 4. The summed E-state index contributed by atoms with van der Waals surface area (Å²) >= 11 is 0. The Morgan fingerprint density at radius 2 is 1.21 bits per heavy atom. The van der Waals surface area contributed by atoms with Crippen molar-refractivity contribution in [1.29, 1.82) is 0 Å². The molecule has 236 valence electrons. The van der Waals surface area contributed by atoms with Crippen molar-refractivity contribution < 1.29 is 0 Å². The molecule has 8 rings (SSSR count). The SMILES string of the molecule is C/C=C\c1c(-c2ccc3c(c2)C(C)(C)c2ccccc2-3)cc2c(c1N)C=C(c1ccc3c(c1)C(C)(C)c1ccccc1-3)/C(=C/C=C\N)C2. The summed E-state index contributed by atoms with van der Waals surface area (Å²) in [6.07, 6.45) is 13.1. The van der Waals surface area contributed by atoms with E-state index in [4.69, 9.17) is 11.5 Å². The molecule has 3 aliphatic carbocycles. The first-order valence-electron chi connectivity index (χ1n) is 17.0. The van der Waals surface area contributed by atoms with Crippen LogP contribution in [0.2, 0.25) is 0 Å². The zero-order chi connectivity index (χ0) is 33.4. The predicted octanol–water partition coefficient (Wildman–Crippen LogP) is 11.1. The van der Waals surface area contributed by atoms with Crippen molar-refractivity contribution in [3.63, 3.8) is 0 Å². The Hall–Kier alpha value is -5.34. The van der Waals surface area contributed by atoms with Gasteiger partial charge in [-0.15, -0.1) is 0 Å².